The summed E-state index contributed by atoms with van der Waals surface area (Å²) < 4.78 is 84.2. The molecule has 1 aliphatic carbocycles. The van der Waals surface area contributed by atoms with Crippen molar-refractivity contribution in [3.05, 3.63) is 97.8 Å². The summed E-state index contributed by atoms with van der Waals surface area (Å²) in [4.78, 5) is 0.194. The summed E-state index contributed by atoms with van der Waals surface area (Å²) in [6.45, 7) is 3.90. The molecule has 1 unspecified atom stereocenters. The number of benzene rings is 2. The summed E-state index contributed by atoms with van der Waals surface area (Å²) in [5, 5.41) is 9.92. The number of unbranched alkanes of at least 4 members (excludes halogenated alkanes) is 1. The van der Waals surface area contributed by atoms with Crippen LogP contribution in [0, 0.1) is 50.4 Å². The summed E-state index contributed by atoms with van der Waals surface area (Å²) in [5.74, 6) is 0. The van der Waals surface area contributed by atoms with Crippen LogP contribution in [0.4, 0.5) is 25.2 Å². The second-order valence-electron chi connectivity index (χ2n) is 7.65. The van der Waals surface area contributed by atoms with Gasteiger partial charge in [-0.3, -0.25) is 0 Å². The Balaban J connectivity index is 0.000000775. The number of halogens is 6. The molecule has 0 saturated heterocycles. The van der Waals surface area contributed by atoms with Crippen LogP contribution >= 0.6 is 7.81 Å². The van der Waals surface area contributed by atoms with E-state index in [0.717, 1.165) is 12.0 Å². The number of aryl methyl sites for hydroxylation is 1. The van der Waals surface area contributed by atoms with Crippen LogP contribution in [0.15, 0.2) is 59.5 Å². The summed E-state index contributed by atoms with van der Waals surface area (Å²) >= 11 is 0. The minimum absolute atomic E-state index is 0. The van der Waals surface area contributed by atoms with Crippen LogP contribution < -0.4 is 0 Å². The third-order valence-electron chi connectivity index (χ3n) is 4.62. The van der Waals surface area contributed by atoms with Crippen LogP contribution in [0.3, 0.4) is 0 Å². The monoisotopic (exact) mass is 593 g/mol. The van der Waals surface area contributed by atoms with E-state index < -0.39 is 22.4 Å². The normalized spacial score (nSPS) is 16.8. The van der Waals surface area contributed by atoms with E-state index >= 15 is 0 Å². The maximum Gasteiger partial charge on any atom is 2.00 e. The molecule has 2 aromatic carbocycles. The van der Waals surface area contributed by atoms with Crippen LogP contribution in [-0.2, 0) is 31.7 Å². The topological polar surface area (TPSA) is 57.9 Å². The molecule has 3 nitrogen and oxygen atoms in total. The van der Waals surface area contributed by atoms with Gasteiger partial charge in [-0.1, -0.05) is 67.8 Å². The van der Waals surface area contributed by atoms with Gasteiger partial charge in [0.1, 0.15) is 0 Å². The van der Waals surface area contributed by atoms with Gasteiger partial charge in [-0.15, -0.1) is 0 Å². The molecule has 1 aliphatic rings. The minimum Gasteiger partial charge on any atom is -0.0312 e. The smallest absolute Gasteiger partial charge is 0.0312 e. The molecule has 2 aromatic rings. The Morgan fingerprint density at radius 1 is 0.861 bits per heavy atom. The van der Waals surface area contributed by atoms with Gasteiger partial charge in [-0.25, -0.2) is 8.42 Å². The first kappa shape index (κ1) is 34.4. The van der Waals surface area contributed by atoms with Crippen LogP contribution in [-0.4, -0.2) is 8.42 Å². The molecule has 0 N–H and O–H groups in total. The van der Waals surface area contributed by atoms with Gasteiger partial charge in [0, 0.05) is 0 Å². The molecule has 5 radical (unpaired) electrons. The van der Waals surface area contributed by atoms with E-state index in [4.69, 9.17) is 0 Å². The summed E-state index contributed by atoms with van der Waals surface area (Å²) in [6, 6.07) is 17.7. The summed E-state index contributed by atoms with van der Waals surface area (Å²) in [7, 11) is -14.5. The molecular formula is C24H26F6FeNO2PS+. The third kappa shape index (κ3) is 12.6. The van der Waals surface area contributed by atoms with E-state index in [1.807, 2.05) is 58.1 Å². The fraction of sp³-hybridized carbons (Fsp3) is 0.250. The van der Waals surface area contributed by atoms with Gasteiger partial charge in [0.2, 0.25) is 9.84 Å². The first-order chi connectivity index (χ1) is 15.9. The molecule has 1 saturated carbocycles. The SMILES string of the molecule is CCCCC(C#N)(c1cccc(C)c1)S(=O)(=O)c1ccccc1.F[P-](F)(F)(F)(F)F.[CH]1[CH][CH][CH][CH]1.[Fe+2]. The van der Waals surface area contributed by atoms with Crippen molar-refractivity contribution in [2.24, 2.45) is 0 Å². The van der Waals surface area contributed by atoms with Crippen molar-refractivity contribution < 1.29 is 50.7 Å². The number of nitrogens with zero attached hydrogens (tertiary/aromatic N) is 1. The fourth-order valence-corrected chi connectivity index (χ4v) is 4.95. The standard InChI is InChI=1S/C19H21NO2S.C5H5.F6P.Fe/c1-3-4-13-19(15-20,17-10-8-9-16(2)14-17)23(21,22)18-11-6-5-7-12-18;1-2-4-5-3-1;1-7(2,3,4,5)6;/h5-12,14H,3-4,13H2,1-2H3;1-5H;;/q;;-1;+2. The van der Waals surface area contributed by atoms with E-state index in [1.54, 1.807) is 42.5 Å². The van der Waals surface area contributed by atoms with Crippen molar-refractivity contribution in [1.82, 2.24) is 0 Å². The predicted octanol–water partition coefficient (Wildman–Crippen LogP) is 8.78. The third-order valence-corrected chi connectivity index (χ3v) is 6.96. The Hall–Kier alpha value is -1.59. The van der Waals surface area contributed by atoms with Crippen LogP contribution in [0.1, 0.15) is 37.3 Å². The van der Waals surface area contributed by atoms with Crippen LogP contribution in [0.5, 0.6) is 0 Å². The van der Waals surface area contributed by atoms with Gasteiger partial charge in [0.05, 0.1) is 11.0 Å². The first-order valence-corrected chi connectivity index (χ1v) is 14.0. The molecule has 199 valence electrons. The van der Waals surface area contributed by atoms with Gasteiger partial charge < -0.3 is 0 Å². The molecule has 1 fully saturated rings. The zero-order valence-electron chi connectivity index (χ0n) is 19.4. The first-order valence-electron chi connectivity index (χ1n) is 10.4. The van der Waals surface area contributed by atoms with Gasteiger partial charge in [-0.2, -0.15) is 5.26 Å². The summed E-state index contributed by atoms with van der Waals surface area (Å²) in [5.41, 5.74) is 1.50. The largest absolute Gasteiger partial charge is 2.00 e. The maximum atomic E-state index is 13.3. The zero-order valence-corrected chi connectivity index (χ0v) is 22.3. The molecule has 0 aliphatic heterocycles. The Morgan fingerprint density at radius 3 is 1.72 bits per heavy atom. The van der Waals surface area contributed by atoms with E-state index in [2.05, 4.69) is 6.07 Å². The molecule has 36 heavy (non-hydrogen) atoms. The van der Waals surface area contributed by atoms with Crippen molar-refractivity contribution in [2.75, 3.05) is 0 Å². The van der Waals surface area contributed by atoms with Crippen LogP contribution in [0.2, 0.25) is 0 Å². The Bertz CT molecular complexity index is 1080. The molecule has 0 heterocycles. The van der Waals surface area contributed by atoms with Crippen molar-refractivity contribution in [2.45, 2.75) is 42.8 Å². The fourth-order valence-electron chi connectivity index (χ4n) is 3.06. The predicted molar refractivity (Wildman–Crippen MR) is 127 cm³/mol. The van der Waals surface area contributed by atoms with E-state index in [-0.39, 0.29) is 22.0 Å². The van der Waals surface area contributed by atoms with E-state index in [1.165, 1.54) is 0 Å². The average molecular weight is 593 g/mol. The van der Waals surface area contributed by atoms with Crippen molar-refractivity contribution in [3.63, 3.8) is 0 Å². The zero-order chi connectivity index (χ0) is 26.9. The van der Waals surface area contributed by atoms with E-state index in [9.17, 15) is 38.9 Å². The second kappa shape index (κ2) is 12.8. The Morgan fingerprint density at radius 2 is 1.33 bits per heavy atom. The van der Waals surface area contributed by atoms with Crippen molar-refractivity contribution in [3.8, 4) is 6.07 Å². The van der Waals surface area contributed by atoms with Gasteiger partial charge in [0.15, 0.2) is 4.75 Å². The summed E-state index contributed by atoms with van der Waals surface area (Å²) in [6.07, 6.45) is 11.8. The molecule has 0 amide bonds. The quantitative estimate of drug-likeness (QED) is 0.191. The average Bonchev–Trinajstić information content (AvgIpc) is 3.33. The molecular weight excluding hydrogens is 567 g/mol. The van der Waals surface area contributed by atoms with Crippen LogP contribution in [0.25, 0.3) is 0 Å². The molecule has 1 atom stereocenters. The number of rotatable bonds is 6. The Kier molecular flexibility index (Phi) is 12.2. The molecule has 0 spiro atoms. The molecule has 0 bridgehead atoms. The molecule has 0 aromatic heterocycles. The van der Waals surface area contributed by atoms with Crippen molar-refractivity contribution >= 4 is 17.6 Å². The Labute approximate surface area is 219 Å². The number of sulfone groups is 1. The minimum atomic E-state index is -10.7. The number of nitriles is 1. The van der Waals surface area contributed by atoms with Gasteiger partial charge in [0.25, 0.3) is 0 Å². The van der Waals surface area contributed by atoms with Gasteiger partial charge >= 0.3 is 50.1 Å². The number of hydrogen-bond donors (Lipinski definition) is 0. The van der Waals surface area contributed by atoms with E-state index in [0.29, 0.717) is 18.4 Å². The van der Waals surface area contributed by atoms with Gasteiger partial charge in [-0.05, 0) is 63.1 Å². The maximum absolute atomic E-state index is 13.3. The number of hydrogen-bond acceptors (Lipinski definition) is 3. The molecule has 12 heteroatoms. The van der Waals surface area contributed by atoms with Crippen molar-refractivity contribution in [1.29, 1.82) is 5.26 Å². The second-order valence-corrected chi connectivity index (χ2v) is 11.7. The molecule has 3 rings (SSSR count).